The number of carbonyl (C=O) groups excluding carboxylic acids is 1. The predicted octanol–water partition coefficient (Wildman–Crippen LogP) is 3.69. The SMILES string of the molecule is CCCN(CCNC(=O)c1ccc(C)s1)CCC1CCC1. The number of nitrogens with one attached hydrogen (secondary N) is 1. The first-order valence-corrected chi connectivity index (χ1v) is 9.07. The molecule has 0 unspecified atom stereocenters. The molecule has 0 atom stereocenters. The number of amides is 1. The van der Waals surface area contributed by atoms with Crippen molar-refractivity contribution in [1.82, 2.24) is 10.2 Å². The summed E-state index contributed by atoms with van der Waals surface area (Å²) in [6.45, 7) is 8.30. The Labute approximate surface area is 132 Å². The van der Waals surface area contributed by atoms with E-state index in [9.17, 15) is 4.79 Å². The Morgan fingerprint density at radius 1 is 1.33 bits per heavy atom. The van der Waals surface area contributed by atoms with Crippen LogP contribution in [0.1, 0.15) is 53.6 Å². The van der Waals surface area contributed by atoms with Gasteiger partial charge in [0, 0.05) is 18.0 Å². The van der Waals surface area contributed by atoms with E-state index in [-0.39, 0.29) is 5.91 Å². The van der Waals surface area contributed by atoms with Crippen LogP contribution in [-0.2, 0) is 0 Å². The van der Waals surface area contributed by atoms with Gasteiger partial charge in [0.15, 0.2) is 0 Å². The number of hydrogen-bond acceptors (Lipinski definition) is 3. The van der Waals surface area contributed by atoms with Gasteiger partial charge in [-0.1, -0.05) is 26.2 Å². The second-order valence-corrected chi connectivity index (χ2v) is 7.38. The van der Waals surface area contributed by atoms with Gasteiger partial charge in [0.1, 0.15) is 0 Å². The number of aryl methyl sites for hydroxylation is 1. The molecule has 1 aliphatic rings. The van der Waals surface area contributed by atoms with E-state index in [0.29, 0.717) is 0 Å². The predicted molar refractivity (Wildman–Crippen MR) is 90.1 cm³/mol. The Hall–Kier alpha value is -0.870. The largest absolute Gasteiger partial charge is 0.350 e. The molecule has 2 rings (SSSR count). The zero-order valence-electron chi connectivity index (χ0n) is 13.4. The van der Waals surface area contributed by atoms with Gasteiger partial charge >= 0.3 is 0 Å². The van der Waals surface area contributed by atoms with Crippen molar-refractivity contribution in [3.8, 4) is 0 Å². The third-order valence-electron chi connectivity index (χ3n) is 4.30. The normalized spacial score (nSPS) is 15.2. The lowest BCUT2D eigenvalue weighted by atomic mass is 9.83. The van der Waals surface area contributed by atoms with Crippen molar-refractivity contribution >= 4 is 17.2 Å². The van der Waals surface area contributed by atoms with Crippen molar-refractivity contribution in [1.29, 1.82) is 0 Å². The van der Waals surface area contributed by atoms with Gasteiger partial charge in [-0.05, 0) is 50.9 Å². The third kappa shape index (κ3) is 5.44. The molecular formula is C17H28N2OS. The molecule has 1 aromatic heterocycles. The molecular weight excluding hydrogens is 280 g/mol. The maximum absolute atomic E-state index is 12.0. The molecule has 0 spiro atoms. The first-order chi connectivity index (χ1) is 10.2. The molecule has 1 aliphatic carbocycles. The molecule has 0 saturated heterocycles. The summed E-state index contributed by atoms with van der Waals surface area (Å²) in [5, 5.41) is 3.05. The van der Waals surface area contributed by atoms with Crippen LogP contribution in [-0.4, -0.2) is 37.0 Å². The Balaban J connectivity index is 1.66. The molecule has 1 N–H and O–H groups in total. The van der Waals surface area contributed by atoms with Crippen molar-refractivity contribution in [2.24, 2.45) is 5.92 Å². The fourth-order valence-corrected chi connectivity index (χ4v) is 3.55. The van der Waals surface area contributed by atoms with Gasteiger partial charge in [-0.3, -0.25) is 4.79 Å². The van der Waals surface area contributed by atoms with Gasteiger partial charge in [0.2, 0.25) is 0 Å². The van der Waals surface area contributed by atoms with E-state index in [4.69, 9.17) is 0 Å². The van der Waals surface area contributed by atoms with Crippen molar-refractivity contribution in [3.05, 3.63) is 21.9 Å². The van der Waals surface area contributed by atoms with Crippen LogP contribution in [0.3, 0.4) is 0 Å². The summed E-state index contributed by atoms with van der Waals surface area (Å²) in [5.74, 6) is 1.04. The summed E-state index contributed by atoms with van der Waals surface area (Å²) < 4.78 is 0. The smallest absolute Gasteiger partial charge is 0.261 e. The van der Waals surface area contributed by atoms with E-state index in [1.807, 2.05) is 19.1 Å². The first kappa shape index (κ1) is 16.5. The Bertz CT molecular complexity index is 440. The lowest BCUT2D eigenvalue weighted by molar-refractivity contribution is 0.0951. The van der Waals surface area contributed by atoms with Crippen LogP contribution in [0.4, 0.5) is 0 Å². The van der Waals surface area contributed by atoms with Crippen LogP contribution in [0.25, 0.3) is 0 Å². The molecule has 21 heavy (non-hydrogen) atoms. The zero-order chi connectivity index (χ0) is 15.1. The topological polar surface area (TPSA) is 32.3 Å². The number of thiophene rings is 1. The van der Waals surface area contributed by atoms with E-state index < -0.39 is 0 Å². The summed E-state index contributed by atoms with van der Waals surface area (Å²) in [6, 6.07) is 3.91. The van der Waals surface area contributed by atoms with Crippen LogP contribution in [0.15, 0.2) is 12.1 Å². The minimum absolute atomic E-state index is 0.0727. The highest BCUT2D eigenvalue weighted by Gasteiger charge is 2.18. The van der Waals surface area contributed by atoms with Gasteiger partial charge in [-0.15, -0.1) is 11.3 Å². The van der Waals surface area contributed by atoms with Crippen molar-refractivity contribution < 1.29 is 4.79 Å². The summed E-state index contributed by atoms with van der Waals surface area (Å²) in [4.78, 5) is 16.5. The molecule has 0 radical (unpaired) electrons. The molecule has 0 bridgehead atoms. The Morgan fingerprint density at radius 2 is 2.14 bits per heavy atom. The third-order valence-corrected chi connectivity index (χ3v) is 5.30. The van der Waals surface area contributed by atoms with E-state index in [2.05, 4.69) is 17.1 Å². The van der Waals surface area contributed by atoms with Gasteiger partial charge in [0.05, 0.1) is 4.88 Å². The van der Waals surface area contributed by atoms with E-state index in [1.165, 1.54) is 43.5 Å². The monoisotopic (exact) mass is 308 g/mol. The van der Waals surface area contributed by atoms with Crippen LogP contribution in [0.5, 0.6) is 0 Å². The standard InChI is InChI=1S/C17H28N2OS/c1-3-11-19(12-9-15-5-4-6-15)13-10-18-17(20)16-8-7-14(2)21-16/h7-8,15H,3-6,9-13H2,1-2H3,(H,18,20). The highest BCUT2D eigenvalue weighted by molar-refractivity contribution is 7.13. The fourth-order valence-electron chi connectivity index (χ4n) is 2.77. The minimum atomic E-state index is 0.0727. The van der Waals surface area contributed by atoms with Crippen LogP contribution in [0.2, 0.25) is 0 Å². The molecule has 0 aromatic carbocycles. The maximum atomic E-state index is 12.0. The highest BCUT2D eigenvalue weighted by atomic mass is 32.1. The molecule has 3 nitrogen and oxygen atoms in total. The Morgan fingerprint density at radius 3 is 2.71 bits per heavy atom. The summed E-state index contributed by atoms with van der Waals surface area (Å²) >= 11 is 1.56. The van der Waals surface area contributed by atoms with Crippen LogP contribution in [0, 0.1) is 12.8 Å². The summed E-state index contributed by atoms with van der Waals surface area (Å²) in [7, 11) is 0. The molecule has 4 heteroatoms. The van der Waals surface area contributed by atoms with Gasteiger partial charge in [-0.25, -0.2) is 0 Å². The lowest BCUT2D eigenvalue weighted by Gasteiger charge is -2.29. The van der Waals surface area contributed by atoms with Crippen molar-refractivity contribution in [3.63, 3.8) is 0 Å². The van der Waals surface area contributed by atoms with Crippen molar-refractivity contribution in [2.75, 3.05) is 26.2 Å². The van der Waals surface area contributed by atoms with Gasteiger partial charge < -0.3 is 10.2 Å². The number of nitrogens with zero attached hydrogens (tertiary/aromatic N) is 1. The molecule has 1 aromatic rings. The molecule has 0 aliphatic heterocycles. The zero-order valence-corrected chi connectivity index (χ0v) is 14.2. The first-order valence-electron chi connectivity index (χ1n) is 8.26. The second-order valence-electron chi connectivity index (χ2n) is 6.09. The quantitative estimate of drug-likeness (QED) is 0.754. The molecule has 1 amide bonds. The van der Waals surface area contributed by atoms with Crippen LogP contribution >= 0.6 is 11.3 Å². The Kier molecular flexibility index (Phi) is 6.71. The number of hydrogen-bond donors (Lipinski definition) is 1. The van der Waals surface area contributed by atoms with Gasteiger partial charge in [0.25, 0.3) is 5.91 Å². The number of rotatable bonds is 9. The van der Waals surface area contributed by atoms with E-state index in [0.717, 1.165) is 30.4 Å². The van der Waals surface area contributed by atoms with Gasteiger partial charge in [-0.2, -0.15) is 0 Å². The minimum Gasteiger partial charge on any atom is -0.350 e. The second kappa shape index (κ2) is 8.54. The molecule has 1 heterocycles. The average molecular weight is 308 g/mol. The molecule has 1 fully saturated rings. The average Bonchev–Trinajstić information content (AvgIpc) is 2.83. The van der Waals surface area contributed by atoms with E-state index in [1.54, 1.807) is 11.3 Å². The van der Waals surface area contributed by atoms with Crippen molar-refractivity contribution in [2.45, 2.75) is 46.0 Å². The van der Waals surface area contributed by atoms with E-state index >= 15 is 0 Å². The molecule has 118 valence electrons. The summed E-state index contributed by atoms with van der Waals surface area (Å²) in [5.41, 5.74) is 0. The van der Waals surface area contributed by atoms with Crippen LogP contribution < -0.4 is 5.32 Å². The summed E-state index contributed by atoms with van der Waals surface area (Å²) in [6.07, 6.45) is 6.79. The highest BCUT2D eigenvalue weighted by Crippen LogP contribution is 2.29. The fraction of sp³-hybridized carbons (Fsp3) is 0.706. The lowest BCUT2D eigenvalue weighted by Crippen LogP contribution is -2.36. The molecule has 1 saturated carbocycles. The number of carbonyl (C=O) groups is 1. The maximum Gasteiger partial charge on any atom is 0.261 e.